The first-order valence-electron chi connectivity index (χ1n) is 5.38. The number of non-ortho nitro benzene ring substituents is 1. The molecule has 0 saturated heterocycles. The first-order chi connectivity index (χ1) is 9.81. The van der Waals surface area contributed by atoms with Crippen LogP contribution in [0.1, 0.15) is 20.8 Å². The van der Waals surface area contributed by atoms with Gasteiger partial charge in [0.15, 0.2) is 0 Å². The number of amides is 1. The molecule has 2 rings (SSSR count). The number of nitro groups is 1. The second kappa shape index (κ2) is 5.21. The maximum absolute atomic E-state index is 11.2. The molecule has 21 heavy (non-hydrogen) atoms. The lowest BCUT2D eigenvalue weighted by Gasteiger charge is -2.08. The van der Waals surface area contributed by atoms with Crippen molar-refractivity contribution in [2.45, 2.75) is 0 Å². The van der Waals surface area contributed by atoms with E-state index in [9.17, 15) is 19.7 Å². The van der Waals surface area contributed by atoms with Crippen molar-refractivity contribution in [3.05, 3.63) is 50.8 Å². The summed E-state index contributed by atoms with van der Waals surface area (Å²) < 4.78 is 1.02. The van der Waals surface area contributed by atoms with E-state index in [4.69, 9.17) is 22.4 Å². The largest absolute Gasteiger partial charge is 0.478 e. The van der Waals surface area contributed by atoms with Gasteiger partial charge in [0.2, 0.25) is 0 Å². The van der Waals surface area contributed by atoms with Crippen molar-refractivity contribution in [1.29, 1.82) is 0 Å². The molecule has 0 radical (unpaired) electrons. The number of hydrogen-bond acceptors (Lipinski definition) is 5. The minimum atomic E-state index is -1.42. The number of carboxylic acids is 1. The zero-order valence-corrected chi connectivity index (χ0v) is 10.9. The van der Waals surface area contributed by atoms with Gasteiger partial charge < -0.3 is 10.8 Å². The number of carbonyl (C=O) groups excluding carboxylic acids is 1. The van der Waals surface area contributed by atoms with Crippen molar-refractivity contribution in [2.75, 3.05) is 0 Å². The van der Waals surface area contributed by atoms with Crippen molar-refractivity contribution in [1.82, 2.24) is 9.78 Å². The summed E-state index contributed by atoms with van der Waals surface area (Å²) in [6.45, 7) is 0. The molecule has 0 aliphatic heterocycles. The number of rotatable bonds is 4. The van der Waals surface area contributed by atoms with Crippen molar-refractivity contribution < 1.29 is 19.6 Å². The van der Waals surface area contributed by atoms with Gasteiger partial charge in [-0.25, -0.2) is 9.48 Å². The Morgan fingerprint density at radius 3 is 2.57 bits per heavy atom. The van der Waals surface area contributed by atoms with Gasteiger partial charge in [-0.1, -0.05) is 11.6 Å². The number of nitrogens with two attached hydrogens (primary N) is 1. The molecule has 10 heteroatoms. The van der Waals surface area contributed by atoms with Crippen LogP contribution in [0.5, 0.6) is 0 Å². The molecule has 108 valence electrons. The number of carbonyl (C=O) groups is 2. The molecule has 0 fully saturated rings. The van der Waals surface area contributed by atoms with Crippen LogP contribution in [0.3, 0.4) is 0 Å². The van der Waals surface area contributed by atoms with Gasteiger partial charge in [-0.05, 0) is 6.07 Å². The molecule has 9 nitrogen and oxygen atoms in total. The lowest BCUT2D eigenvalue weighted by atomic mass is 10.1. The van der Waals surface area contributed by atoms with Gasteiger partial charge in [0.1, 0.15) is 5.69 Å². The highest BCUT2D eigenvalue weighted by molar-refractivity contribution is 6.33. The van der Waals surface area contributed by atoms with E-state index in [0.29, 0.717) is 0 Å². The molecule has 0 atom stereocenters. The summed E-state index contributed by atoms with van der Waals surface area (Å²) in [6, 6.07) is 3.12. The molecular formula is C11H7ClN4O5. The van der Waals surface area contributed by atoms with Gasteiger partial charge in [-0.15, -0.1) is 0 Å². The van der Waals surface area contributed by atoms with Crippen LogP contribution < -0.4 is 5.73 Å². The maximum Gasteiger partial charge on any atom is 0.338 e. The normalized spacial score (nSPS) is 10.3. The van der Waals surface area contributed by atoms with Crippen molar-refractivity contribution in [2.24, 2.45) is 5.73 Å². The number of aromatic carboxylic acids is 1. The summed E-state index contributed by atoms with van der Waals surface area (Å²) in [5.74, 6) is -2.23. The summed E-state index contributed by atoms with van der Waals surface area (Å²) in [4.78, 5) is 32.2. The molecule has 1 amide bonds. The minimum absolute atomic E-state index is 0.0951. The Labute approximate surface area is 121 Å². The Kier molecular flexibility index (Phi) is 3.59. The summed E-state index contributed by atoms with van der Waals surface area (Å²) >= 11 is 5.90. The van der Waals surface area contributed by atoms with Crippen LogP contribution in [0.2, 0.25) is 5.02 Å². The maximum atomic E-state index is 11.2. The van der Waals surface area contributed by atoms with Crippen LogP contribution in [0.25, 0.3) is 5.69 Å². The number of primary amides is 1. The number of hydrogen-bond donors (Lipinski definition) is 2. The quantitative estimate of drug-likeness (QED) is 0.642. The number of halogens is 1. The number of aromatic nitrogens is 2. The van der Waals surface area contributed by atoms with Gasteiger partial charge >= 0.3 is 5.97 Å². The van der Waals surface area contributed by atoms with Crippen LogP contribution in [-0.4, -0.2) is 31.7 Å². The van der Waals surface area contributed by atoms with E-state index in [1.54, 1.807) is 0 Å². The molecule has 0 saturated carbocycles. The van der Waals surface area contributed by atoms with Gasteiger partial charge in [0, 0.05) is 18.3 Å². The lowest BCUT2D eigenvalue weighted by Crippen LogP contribution is -2.13. The molecule has 0 spiro atoms. The van der Waals surface area contributed by atoms with Crippen molar-refractivity contribution in [3.63, 3.8) is 0 Å². The first-order valence-corrected chi connectivity index (χ1v) is 5.76. The van der Waals surface area contributed by atoms with E-state index in [1.165, 1.54) is 12.3 Å². The van der Waals surface area contributed by atoms with Crippen LogP contribution in [-0.2, 0) is 0 Å². The van der Waals surface area contributed by atoms with E-state index in [1.807, 2.05) is 0 Å². The predicted octanol–water partition coefficient (Wildman–Crippen LogP) is 1.23. The number of nitro benzene ring substituents is 1. The second-order valence-corrected chi connectivity index (χ2v) is 4.30. The Balaban J connectivity index is 2.69. The van der Waals surface area contributed by atoms with Crippen LogP contribution in [0, 0.1) is 10.1 Å². The lowest BCUT2D eigenvalue weighted by molar-refractivity contribution is -0.384. The molecule has 0 aliphatic carbocycles. The molecule has 1 heterocycles. The molecular weight excluding hydrogens is 304 g/mol. The minimum Gasteiger partial charge on any atom is -0.478 e. The average Bonchev–Trinajstić information content (AvgIpc) is 2.86. The van der Waals surface area contributed by atoms with Gasteiger partial charge in [0.25, 0.3) is 11.6 Å². The van der Waals surface area contributed by atoms with Crippen LogP contribution in [0.4, 0.5) is 5.69 Å². The van der Waals surface area contributed by atoms with E-state index >= 15 is 0 Å². The van der Waals surface area contributed by atoms with Crippen molar-refractivity contribution >= 4 is 29.2 Å². The monoisotopic (exact) mass is 310 g/mol. The third-order valence-electron chi connectivity index (χ3n) is 2.56. The van der Waals surface area contributed by atoms with Crippen LogP contribution >= 0.6 is 11.6 Å². The average molecular weight is 311 g/mol. The molecule has 3 N–H and O–H groups in total. The van der Waals surface area contributed by atoms with Gasteiger partial charge in [0.05, 0.1) is 21.2 Å². The third-order valence-corrected chi connectivity index (χ3v) is 2.85. The van der Waals surface area contributed by atoms with Crippen molar-refractivity contribution in [3.8, 4) is 5.69 Å². The SMILES string of the molecule is NC(=O)c1ccn(-c2c(Cl)cc([N+](=O)[O-])cc2C(=O)O)n1. The van der Waals surface area contributed by atoms with E-state index in [0.717, 1.165) is 16.8 Å². The van der Waals surface area contributed by atoms with E-state index < -0.39 is 28.1 Å². The Bertz CT molecular complexity index is 770. The number of benzene rings is 1. The number of carboxylic acid groups (broad SMARTS) is 1. The van der Waals surface area contributed by atoms with Gasteiger partial charge in [-0.2, -0.15) is 5.10 Å². The van der Waals surface area contributed by atoms with Crippen LogP contribution in [0.15, 0.2) is 24.4 Å². The molecule has 2 aromatic rings. The standard InChI is InChI=1S/C11H7ClN4O5/c12-7-4-5(16(20)21)3-6(11(18)19)9(7)15-2-1-8(14-15)10(13)17/h1-4H,(H2,13,17)(H,18,19). The smallest absolute Gasteiger partial charge is 0.338 e. The first kappa shape index (κ1) is 14.5. The Morgan fingerprint density at radius 2 is 2.10 bits per heavy atom. The summed E-state index contributed by atoms with van der Waals surface area (Å²) in [6.07, 6.45) is 1.28. The molecule has 0 unspecified atom stereocenters. The van der Waals surface area contributed by atoms with E-state index in [-0.39, 0.29) is 16.4 Å². The summed E-state index contributed by atoms with van der Waals surface area (Å²) in [7, 11) is 0. The molecule has 0 bridgehead atoms. The highest BCUT2D eigenvalue weighted by Crippen LogP contribution is 2.29. The highest BCUT2D eigenvalue weighted by Gasteiger charge is 2.22. The Morgan fingerprint density at radius 1 is 1.43 bits per heavy atom. The predicted molar refractivity (Wildman–Crippen MR) is 70.7 cm³/mol. The Hall–Kier alpha value is -2.94. The third kappa shape index (κ3) is 2.67. The zero-order chi connectivity index (χ0) is 15.7. The highest BCUT2D eigenvalue weighted by atomic mass is 35.5. The van der Waals surface area contributed by atoms with E-state index in [2.05, 4.69) is 5.10 Å². The fourth-order valence-electron chi connectivity index (χ4n) is 1.67. The molecule has 0 aliphatic rings. The summed E-state index contributed by atoms with van der Waals surface area (Å²) in [5, 5.41) is 23.5. The fourth-order valence-corrected chi connectivity index (χ4v) is 1.97. The second-order valence-electron chi connectivity index (χ2n) is 3.90. The fraction of sp³-hybridized carbons (Fsp3) is 0. The van der Waals surface area contributed by atoms with Gasteiger partial charge in [-0.3, -0.25) is 14.9 Å². The number of nitrogens with zero attached hydrogens (tertiary/aromatic N) is 3. The molecule has 1 aromatic carbocycles. The molecule has 1 aromatic heterocycles. The topological polar surface area (TPSA) is 141 Å². The summed E-state index contributed by atoms with van der Waals surface area (Å²) in [5.41, 5.74) is 3.97. The zero-order valence-electron chi connectivity index (χ0n) is 10.2.